The van der Waals surface area contributed by atoms with Gasteiger partial charge in [-0.25, -0.2) is 0 Å². The number of hydrogen-bond acceptors (Lipinski definition) is 3. The van der Waals surface area contributed by atoms with E-state index < -0.39 is 0 Å². The van der Waals surface area contributed by atoms with Gasteiger partial charge in [-0.1, -0.05) is 6.92 Å². The van der Waals surface area contributed by atoms with Crippen molar-refractivity contribution in [1.82, 2.24) is 0 Å². The summed E-state index contributed by atoms with van der Waals surface area (Å²) >= 11 is 0. The molecule has 0 atom stereocenters. The lowest BCUT2D eigenvalue weighted by Gasteiger charge is -2.10. The Kier molecular flexibility index (Phi) is 2.43. The van der Waals surface area contributed by atoms with Crippen LogP contribution in [0.4, 0.5) is 11.4 Å². The van der Waals surface area contributed by atoms with Gasteiger partial charge in [0.25, 0.3) is 0 Å². The van der Waals surface area contributed by atoms with Crippen molar-refractivity contribution in [2.75, 3.05) is 18.6 Å². The van der Waals surface area contributed by atoms with Crippen LogP contribution in [-0.4, -0.2) is 7.11 Å². The van der Waals surface area contributed by atoms with E-state index in [4.69, 9.17) is 16.2 Å². The molecule has 0 bridgehead atoms. The molecule has 0 fully saturated rings. The SMILES string of the molecule is CCc1cc(N)cc(N)c1OC. The van der Waals surface area contributed by atoms with Gasteiger partial charge in [0.2, 0.25) is 0 Å². The van der Waals surface area contributed by atoms with Gasteiger partial charge < -0.3 is 16.2 Å². The Labute approximate surface area is 72.3 Å². The molecule has 1 aromatic carbocycles. The second-order valence-corrected chi connectivity index (χ2v) is 2.66. The third kappa shape index (κ3) is 1.44. The van der Waals surface area contributed by atoms with Crippen LogP contribution in [0.2, 0.25) is 0 Å². The molecular weight excluding hydrogens is 152 g/mol. The van der Waals surface area contributed by atoms with Gasteiger partial charge in [-0.15, -0.1) is 0 Å². The monoisotopic (exact) mass is 166 g/mol. The molecule has 1 rings (SSSR count). The van der Waals surface area contributed by atoms with Crippen molar-refractivity contribution in [3.63, 3.8) is 0 Å². The maximum Gasteiger partial charge on any atom is 0.145 e. The second kappa shape index (κ2) is 3.34. The Morgan fingerprint density at radius 1 is 1.33 bits per heavy atom. The molecule has 0 aliphatic heterocycles. The fourth-order valence-corrected chi connectivity index (χ4v) is 1.25. The van der Waals surface area contributed by atoms with Crippen LogP contribution in [0.1, 0.15) is 12.5 Å². The van der Waals surface area contributed by atoms with Crippen LogP contribution >= 0.6 is 0 Å². The smallest absolute Gasteiger partial charge is 0.145 e. The number of aryl methyl sites for hydroxylation is 1. The molecule has 0 heterocycles. The first-order valence-electron chi connectivity index (χ1n) is 3.91. The average Bonchev–Trinajstić information content (AvgIpc) is 2.03. The average molecular weight is 166 g/mol. The van der Waals surface area contributed by atoms with Gasteiger partial charge in [0, 0.05) is 5.69 Å². The largest absolute Gasteiger partial charge is 0.494 e. The number of hydrogen-bond donors (Lipinski definition) is 2. The van der Waals surface area contributed by atoms with Crippen LogP contribution in [0, 0.1) is 0 Å². The minimum atomic E-state index is 0.606. The zero-order chi connectivity index (χ0) is 9.14. The fraction of sp³-hybridized carbons (Fsp3) is 0.333. The number of nitrogen functional groups attached to an aromatic ring is 2. The van der Waals surface area contributed by atoms with Crippen molar-refractivity contribution in [3.8, 4) is 5.75 Å². The topological polar surface area (TPSA) is 61.3 Å². The summed E-state index contributed by atoms with van der Waals surface area (Å²) < 4.78 is 5.14. The third-order valence-electron chi connectivity index (χ3n) is 1.80. The molecule has 0 amide bonds. The summed E-state index contributed by atoms with van der Waals surface area (Å²) in [4.78, 5) is 0. The molecule has 12 heavy (non-hydrogen) atoms. The number of ether oxygens (including phenoxy) is 1. The predicted molar refractivity (Wildman–Crippen MR) is 51.2 cm³/mol. The van der Waals surface area contributed by atoms with Gasteiger partial charge in [-0.3, -0.25) is 0 Å². The normalized spacial score (nSPS) is 9.83. The van der Waals surface area contributed by atoms with Crippen molar-refractivity contribution < 1.29 is 4.74 Å². The number of methoxy groups -OCH3 is 1. The van der Waals surface area contributed by atoms with E-state index in [0.717, 1.165) is 17.7 Å². The lowest BCUT2D eigenvalue weighted by molar-refractivity contribution is 0.412. The fourth-order valence-electron chi connectivity index (χ4n) is 1.25. The van der Waals surface area contributed by atoms with E-state index in [1.165, 1.54) is 0 Å². The highest BCUT2D eigenvalue weighted by atomic mass is 16.5. The van der Waals surface area contributed by atoms with Gasteiger partial charge in [0.15, 0.2) is 0 Å². The maximum atomic E-state index is 5.70. The van der Waals surface area contributed by atoms with Crippen LogP contribution in [0.5, 0.6) is 5.75 Å². The molecule has 0 saturated carbocycles. The van der Waals surface area contributed by atoms with E-state index in [1.807, 2.05) is 13.0 Å². The zero-order valence-corrected chi connectivity index (χ0v) is 7.42. The van der Waals surface area contributed by atoms with E-state index in [1.54, 1.807) is 13.2 Å². The molecule has 0 saturated heterocycles. The second-order valence-electron chi connectivity index (χ2n) is 2.66. The molecule has 0 spiro atoms. The Balaban J connectivity index is 3.24. The molecule has 0 unspecified atom stereocenters. The molecule has 1 aromatic rings. The summed E-state index contributed by atoms with van der Waals surface area (Å²) in [6.45, 7) is 2.04. The maximum absolute atomic E-state index is 5.70. The quantitative estimate of drug-likeness (QED) is 0.653. The van der Waals surface area contributed by atoms with Crippen molar-refractivity contribution in [1.29, 1.82) is 0 Å². The minimum absolute atomic E-state index is 0.606. The molecule has 0 aliphatic rings. The van der Waals surface area contributed by atoms with Crippen LogP contribution in [-0.2, 0) is 6.42 Å². The minimum Gasteiger partial charge on any atom is -0.494 e. The van der Waals surface area contributed by atoms with E-state index >= 15 is 0 Å². The predicted octanol–water partition coefficient (Wildman–Crippen LogP) is 1.42. The van der Waals surface area contributed by atoms with Crippen LogP contribution in [0.15, 0.2) is 12.1 Å². The Morgan fingerprint density at radius 3 is 2.50 bits per heavy atom. The molecule has 3 nitrogen and oxygen atoms in total. The van der Waals surface area contributed by atoms with Crippen LogP contribution in [0.25, 0.3) is 0 Å². The van der Waals surface area contributed by atoms with E-state index in [9.17, 15) is 0 Å². The summed E-state index contributed by atoms with van der Waals surface area (Å²) in [6.07, 6.45) is 0.873. The van der Waals surface area contributed by atoms with E-state index in [0.29, 0.717) is 11.4 Å². The molecule has 4 N–H and O–H groups in total. The Bertz CT molecular complexity index is 284. The van der Waals surface area contributed by atoms with E-state index in [-0.39, 0.29) is 0 Å². The zero-order valence-electron chi connectivity index (χ0n) is 7.42. The summed E-state index contributed by atoms with van der Waals surface area (Å²) in [5.41, 5.74) is 13.7. The first kappa shape index (κ1) is 8.71. The highest BCUT2D eigenvalue weighted by molar-refractivity contribution is 5.64. The molecule has 0 radical (unpaired) electrons. The van der Waals surface area contributed by atoms with Crippen molar-refractivity contribution in [2.45, 2.75) is 13.3 Å². The molecule has 0 aromatic heterocycles. The summed E-state index contributed by atoms with van der Waals surface area (Å²) in [7, 11) is 1.61. The summed E-state index contributed by atoms with van der Waals surface area (Å²) in [5.74, 6) is 0.742. The van der Waals surface area contributed by atoms with Crippen LogP contribution < -0.4 is 16.2 Å². The molecule has 66 valence electrons. The third-order valence-corrected chi connectivity index (χ3v) is 1.80. The number of rotatable bonds is 2. The van der Waals surface area contributed by atoms with Gasteiger partial charge in [-0.05, 0) is 24.1 Å². The highest BCUT2D eigenvalue weighted by Crippen LogP contribution is 2.29. The standard InChI is InChI=1S/C9H14N2O/c1-3-6-4-7(10)5-8(11)9(6)12-2/h4-5H,3,10-11H2,1-2H3. The van der Waals surface area contributed by atoms with Crippen molar-refractivity contribution in [3.05, 3.63) is 17.7 Å². The van der Waals surface area contributed by atoms with Gasteiger partial charge in [0.1, 0.15) is 5.75 Å². The summed E-state index contributed by atoms with van der Waals surface area (Å²) in [6, 6.07) is 3.59. The lowest BCUT2D eigenvalue weighted by atomic mass is 10.1. The van der Waals surface area contributed by atoms with Crippen molar-refractivity contribution in [2.24, 2.45) is 0 Å². The number of benzene rings is 1. The highest BCUT2D eigenvalue weighted by Gasteiger charge is 2.05. The first-order valence-corrected chi connectivity index (χ1v) is 3.91. The van der Waals surface area contributed by atoms with Crippen LogP contribution in [0.3, 0.4) is 0 Å². The van der Waals surface area contributed by atoms with Crippen molar-refractivity contribution >= 4 is 11.4 Å². The lowest BCUT2D eigenvalue weighted by Crippen LogP contribution is -1.99. The Hall–Kier alpha value is -1.38. The van der Waals surface area contributed by atoms with E-state index in [2.05, 4.69) is 0 Å². The summed E-state index contributed by atoms with van der Waals surface area (Å²) in [5, 5.41) is 0. The number of anilines is 2. The van der Waals surface area contributed by atoms with Gasteiger partial charge in [-0.2, -0.15) is 0 Å². The first-order chi connectivity index (χ1) is 5.69. The van der Waals surface area contributed by atoms with Gasteiger partial charge >= 0.3 is 0 Å². The molecule has 0 aliphatic carbocycles. The molecular formula is C9H14N2O. The number of nitrogens with two attached hydrogens (primary N) is 2. The van der Waals surface area contributed by atoms with Gasteiger partial charge in [0.05, 0.1) is 12.8 Å². The Morgan fingerprint density at radius 2 is 2.00 bits per heavy atom. The molecule has 3 heteroatoms.